The first-order valence-electron chi connectivity index (χ1n) is 3.73. The van der Waals surface area contributed by atoms with Crippen LogP contribution in [0.3, 0.4) is 0 Å². The van der Waals surface area contributed by atoms with Crippen LogP contribution in [-0.2, 0) is 6.42 Å². The zero-order valence-electron chi connectivity index (χ0n) is 6.59. The molecule has 2 heterocycles. The van der Waals surface area contributed by atoms with Crippen LogP contribution in [0, 0.1) is 0 Å². The topological polar surface area (TPSA) is 74.4 Å². The summed E-state index contributed by atoms with van der Waals surface area (Å²) in [4.78, 5) is 18.0. The number of H-pyrrole nitrogens is 2. The summed E-state index contributed by atoms with van der Waals surface area (Å²) in [6.07, 6.45) is 2.19. The van der Waals surface area contributed by atoms with Gasteiger partial charge in [0, 0.05) is 6.42 Å². The summed E-state index contributed by atoms with van der Waals surface area (Å²) in [6, 6.07) is 0. The lowest BCUT2D eigenvalue weighted by Crippen LogP contribution is -2.10. The van der Waals surface area contributed by atoms with Gasteiger partial charge in [0.2, 0.25) is 0 Å². The van der Waals surface area contributed by atoms with Crippen molar-refractivity contribution in [1.82, 2.24) is 20.2 Å². The molecule has 62 valence electrons. The number of hydrogen-bond donors (Lipinski definition) is 2. The van der Waals surface area contributed by atoms with Gasteiger partial charge >= 0.3 is 0 Å². The van der Waals surface area contributed by atoms with E-state index in [9.17, 15) is 4.79 Å². The molecule has 5 nitrogen and oxygen atoms in total. The molecule has 0 radical (unpaired) electrons. The minimum absolute atomic E-state index is 0.227. The van der Waals surface area contributed by atoms with Crippen molar-refractivity contribution in [3.05, 3.63) is 22.4 Å². The lowest BCUT2D eigenvalue weighted by atomic mass is 10.4. The van der Waals surface area contributed by atoms with Gasteiger partial charge in [-0.25, -0.2) is 0 Å². The average molecular weight is 164 g/mol. The van der Waals surface area contributed by atoms with E-state index in [1.165, 1.54) is 6.20 Å². The normalized spacial score (nSPS) is 10.8. The monoisotopic (exact) mass is 164 g/mol. The molecule has 0 amide bonds. The van der Waals surface area contributed by atoms with Gasteiger partial charge in [-0.1, -0.05) is 6.92 Å². The van der Waals surface area contributed by atoms with E-state index >= 15 is 0 Å². The third-order valence-electron chi connectivity index (χ3n) is 1.71. The lowest BCUT2D eigenvalue weighted by Gasteiger charge is -1.93. The van der Waals surface area contributed by atoms with Gasteiger partial charge in [-0.2, -0.15) is 10.1 Å². The van der Waals surface area contributed by atoms with Gasteiger partial charge in [-0.15, -0.1) is 0 Å². The SMILES string of the molecule is CCc1nc(=O)c2cn[nH]c2[nH]1. The van der Waals surface area contributed by atoms with Crippen molar-refractivity contribution in [2.24, 2.45) is 0 Å². The summed E-state index contributed by atoms with van der Waals surface area (Å²) >= 11 is 0. The molecule has 0 aromatic carbocycles. The highest BCUT2D eigenvalue weighted by Crippen LogP contribution is 2.00. The minimum Gasteiger partial charge on any atom is -0.328 e. The second kappa shape index (κ2) is 2.44. The third kappa shape index (κ3) is 0.903. The van der Waals surface area contributed by atoms with Crippen LogP contribution in [-0.4, -0.2) is 20.2 Å². The van der Waals surface area contributed by atoms with E-state index in [-0.39, 0.29) is 5.56 Å². The van der Waals surface area contributed by atoms with Crippen LogP contribution in [0.1, 0.15) is 12.7 Å². The standard InChI is InChI=1S/C7H8N4O/c1-2-5-9-6-4(3-8-11-6)7(12)10-5/h3H,2H2,1H3,(H2,8,9,10,11,12). The fourth-order valence-corrected chi connectivity index (χ4v) is 1.07. The van der Waals surface area contributed by atoms with Crippen molar-refractivity contribution >= 4 is 11.0 Å². The van der Waals surface area contributed by atoms with Crippen LogP contribution < -0.4 is 5.56 Å². The Hall–Kier alpha value is -1.65. The fraction of sp³-hybridized carbons (Fsp3) is 0.286. The number of rotatable bonds is 1. The average Bonchev–Trinajstić information content (AvgIpc) is 2.52. The first-order chi connectivity index (χ1) is 5.81. The highest BCUT2D eigenvalue weighted by molar-refractivity contribution is 5.71. The number of nitrogens with one attached hydrogen (secondary N) is 2. The Balaban J connectivity index is 2.84. The van der Waals surface area contributed by atoms with E-state index in [1.807, 2.05) is 6.92 Å². The van der Waals surface area contributed by atoms with Gasteiger partial charge in [0.25, 0.3) is 5.56 Å². The van der Waals surface area contributed by atoms with Crippen molar-refractivity contribution in [2.75, 3.05) is 0 Å². The molecule has 0 saturated heterocycles. The highest BCUT2D eigenvalue weighted by atomic mass is 16.1. The summed E-state index contributed by atoms with van der Waals surface area (Å²) in [7, 11) is 0. The largest absolute Gasteiger partial charge is 0.328 e. The molecule has 0 aliphatic carbocycles. The fourth-order valence-electron chi connectivity index (χ4n) is 1.07. The van der Waals surface area contributed by atoms with E-state index in [0.717, 1.165) is 0 Å². The minimum atomic E-state index is -0.227. The first kappa shape index (κ1) is 7.02. The molecule has 2 rings (SSSR count). The summed E-state index contributed by atoms with van der Waals surface area (Å²) in [5, 5.41) is 6.94. The first-order valence-corrected chi connectivity index (χ1v) is 3.73. The lowest BCUT2D eigenvalue weighted by molar-refractivity contribution is 0.935. The Morgan fingerprint density at radius 3 is 3.17 bits per heavy atom. The number of fused-ring (bicyclic) bond motifs is 1. The summed E-state index contributed by atoms with van der Waals surface area (Å²) < 4.78 is 0. The third-order valence-corrected chi connectivity index (χ3v) is 1.71. The molecule has 2 N–H and O–H groups in total. The zero-order valence-corrected chi connectivity index (χ0v) is 6.59. The van der Waals surface area contributed by atoms with E-state index in [0.29, 0.717) is 23.3 Å². The molecule has 0 atom stereocenters. The van der Waals surface area contributed by atoms with Crippen molar-refractivity contribution in [2.45, 2.75) is 13.3 Å². The molecule has 0 bridgehead atoms. The van der Waals surface area contributed by atoms with Gasteiger partial charge in [-0.05, 0) is 0 Å². The molecule has 0 unspecified atom stereocenters. The molecule has 0 fully saturated rings. The summed E-state index contributed by atoms with van der Waals surface area (Å²) in [5.41, 5.74) is 0.418. The predicted molar refractivity (Wildman–Crippen MR) is 43.9 cm³/mol. The molecular weight excluding hydrogens is 156 g/mol. The summed E-state index contributed by atoms with van der Waals surface area (Å²) in [6.45, 7) is 1.93. The number of aromatic amines is 2. The van der Waals surface area contributed by atoms with Gasteiger partial charge in [0.15, 0.2) is 0 Å². The van der Waals surface area contributed by atoms with Crippen molar-refractivity contribution in [3.8, 4) is 0 Å². The highest BCUT2D eigenvalue weighted by Gasteiger charge is 2.02. The van der Waals surface area contributed by atoms with Crippen molar-refractivity contribution in [1.29, 1.82) is 0 Å². The maximum Gasteiger partial charge on any atom is 0.284 e. The molecule has 0 saturated carbocycles. The van der Waals surface area contributed by atoms with Gasteiger partial charge in [0.1, 0.15) is 16.9 Å². The number of aromatic nitrogens is 4. The molecule has 12 heavy (non-hydrogen) atoms. The van der Waals surface area contributed by atoms with Crippen LogP contribution >= 0.6 is 0 Å². The molecular formula is C7H8N4O. The Morgan fingerprint density at radius 2 is 2.42 bits per heavy atom. The number of hydrogen-bond acceptors (Lipinski definition) is 3. The molecule has 0 aliphatic rings. The molecule has 2 aromatic rings. The second-order valence-electron chi connectivity index (χ2n) is 2.50. The van der Waals surface area contributed by atoms with Crippen LogP contribution in [0.5, 0.6) is 0 Å². The molecule has 2 aromatic heterocycles. The van der Waals surface area contributed by atoms with Gasteiger partial charge in [-0.3, -0.25) is 9.89 Å². The maximum atomic E-state index is 11.2. The van der Waals surface area contributed by atoms with Crippen molar-refractivity contribution in [3.63, 3.8) is 0 Å². The van der Waals surface area contributed by atoms with Crippen LogP contribution in [0.2, 0.25) is 0 Å². The zero-order chi connectivity index (χ0) is 8.55. The van der Waals surface area contributed by atoms with E-state index < -0.39 is 0 Å². The molecule has 0 spiro atoms. The van der Waals surface area contributed by atoms with Crippen LogP contribution in [0.25, 0.3) is 11.0 Å². The molecule has 0 aliphatic heterocycles. The van der Waals surface area contributed by atoms with Gasteiger partial charge < -0.3 is 4.98 Å². The summed E-state index contributed by atoms with van der Waals surface area (Å²) in [5.74, 6) is 0.678. The van der Waals surface area contributed by atoms with E-state index in [4.69, 9.17) is 0 Å². The number of nitrogens with zero attached hydrogens (tertiary/aromatic N) is 2. The molecule has 5 heteroatoms. The van der Waals surface area contributed by atoms with E-state index in [1.54, 1.807) is 0 Å². The maximum absolute atomic E-state index is 11.2. The second-order valence-corrected chi connectivity index (χ2v) is 2.50. The smallest absolute Gasteiger partial charge is 0.284 e. The quantitative estimate of drug-likeness (QED) is 0.632. The Labute approximate surface area is 67.8 Å². The van der Waals surface area contributed by atoms with Crippen molar-refractivity contribution < 1.29 is 0 Å². The van der Waals surface area contributed by atoms with Crippen LogP contribution in [0.4, 0.5) is 0 Å². The van der Waals surface area contributed by atoms with E-state index in [2.05, 4.69) is 20.2 Å². The predicted octanol–water partition coefficient (Wildman–Crippen LogP) is 0.209. The Morgan fingerprint density at radius 1 is 1.58 bits per heavy atom. The number of aryl methyl sites for hydroxylation is 1. The Bertz CT molecular complexity index is 456. The van der Waals surface area contributed by atoms with Crippen LogP contribution in [0.15, 0.2) is 11.0 Å². The van der Waals surface area contributed by atoms with Gasteiger partial charge in [0.05, 0.1) is 6.20 Å². The Kier molecular flexibility index (Phi) is 1.43.